The fourth-order valence-electron chi connectivity index (χ4n) is 5.84. The second-order valence-electron chi connectivity index (χ2n) is 14.4. The number of tetrazole rings is 1. The van der Waals surface area contributed by atoms with Crippen LogP contribution in [-0.2, 0) is 34.4 Å². The summed E-state index contributed by atoms with van der Waals surface area (Å²) in [5.74, 6) is 2.64. The fourth-order valence-corrected chi connectivity index (χ4v) is 10.1. The molecule has 6 rings (SSSR count). The Hall–Kier alpha value is -4.39. The third-order valence-electron chi connectivity index (χ3n) is 8.99. The van der Waals surface area contributed by atoms with Gasteiger partial charge in [-0.1, -0.05) is 36.4 Å². The Morgan fingerprint density at radius 3 is 1.84 bits per heavy atom. The molecule has 0 radical (unpaired) electrons. The van der Waals surface area contributed by atoms with E-state index in [4.69, 9.17) is 24.0 Å². The minimum absolute atomic E-state index is 0.0634. The van der Waals surface area contributed by atoms with Gasteiger partial charge in [0.25, 0.3) is 0 Å². The number of hydrogen-bond acceptors (Lipinski definition) is 11. The number of ether oxygens (including phenoxy) is 4. The number of carbonyl (C=O) groups is 1. The Labute approximate surface area is 345 Å². The van der Waals surface area contributed by atoms with Crippen LogP contribution in [0.1, 0.15) is 50.3 Å². The van der Waals surface area contributed by atoms with Crippen LogP contribution < -0.4 is 19.5 Å². The molecule has 13 nitrogen and oxygen atoms in total. The summed E-state index contributed by atoms with van der Waals surface area (Å²) in [7, 11) is 0.471. The average Bonchev–Trinajstić information content (AvgIpc) is 3.78. The predicted molar refractivity (Wildman–Crippen MR) is 223 cm³/mol. The number of benzene rings is 4. The van der Waals surface area contributed by atoms with Crippen LogP contribution in [-0.4, -0.2) is 77.2 Å². The molecule has 0 aliphatic heterocycles. The summed E-state index contributed by atoms with van der Waals surface area (Å²) < 4.78 is 54.6. The van der Waals surface area contributed by atoms with E-state index >= 15 is 8.42 Å². The Kier molecular flexibility index (Phi) is 12.8. The topological polar surface area (TPSA) is 147 Å². The summed E-state index contributed by atoms with van der Waals surface area (Å²) in [5, 5.41) is 16.5. The molecule has 1 heterocycles. The van der Waals surface area contributed by atoms with Crippen molar-refractivity contribution < 1.29 is 32.2 Å². The normalized spacial score (nSPS) is 13.6. The Morgan fingerprint density at radius 2 is 1.36 bits per heavy atom. The fraction of sp³-hybridized carbons (Fsp3) is 0.350. The molecule has 1 N–H and O–H groups in total. The highest BCUT2D eigenvalue weighted by atomic mass is 127. The molecular weight excluding hydrogens is 868 g/mol. The van der Waals surface area contributed by atoms with E-state index in [0.717, 1.165) is 35.3 Å². The van der Waals surface area contributed by atoms with Gasteiger partial charge in [-0.2, -0.15) is 9.10 Å². The molecule has 1 aliphatic carbocycles. The van der Waals surface area contributed by atoms with Crippen molar-refractivity contribution in [1.82, 2.24) is 29.8 Å². The largest absolute Gasteiger partial charge is 0.497 e. The smallest absolute Gasteiger partial charge is 0.408 e. The van der Waals surface area contributed by atoms with Crippen molar-refractivity contribution in [2.75, 3.05) is 27.1 Å². The van der Waals surface area contributed by atoms with E-state index < -0.39 is 27.3 Å². The molecule has 1 aliphatic rings. The second-order valence-corrected chi connectivity index (χ2v) is 18.5. The van der Waals surface area contributed by atoms with Crippen molar-refractivity contribution in [3.63, 3.8) is 0 Å². The maximum atomic E-state index is 15.5. The average molecular weight is 913 g/mol. The van der Waals surface area contributed by atoms with Gasteiger partial charge in [0.1, 0.15) is 27.7 Å². The van der Waals surface area contributed by atoms with E-state index in [1.807, 2.05) is 106 Å². The third kappa shape index (κ3) is 10.3. The Balaban J connectivity index is 1.42. The number of alkyl carbamates (subject to hydrolysis) is 1. The van der Waals surface area contributed by atoms with Gasteiger partial charge in [-0.05, 0) is 127 Å². The molecule has 1 saturated carbocycles. The van der Waals surface area contributed by atoms with E-state index in [-0.39, 0.29) is 23.8 Å². The summed E-state index contributed by atoms with van der Waals surface area (Å²) in [6, 6.07) is 25.9. The van der Waals surface area contributed by atoms with E-state index in [0.29, 0.717) is 37.8 Å². The van der Waals surface area contributed by atoms with Gasteiger partial charge in [0.15, 0.2) is 0 Å². The zero-order valence-electron chi connectivity index (χ0n) is 32.1. The first kappa shape index (κ1) is 41.2. The second kappa shape index (κ2) is 17.4. The van der Waals surface area contributed by atoms with Crippen molar-refractivity contribution in [3.8, 4) is 28.6 Å². The predicted octanol–water partition coefficient (Wildman–Crippen LogP) is 7.56. The number of rotatable bonds is 16. The van der Waals surface area contributed by atoms with Gasteiger partial charge in [-0.15, -0.1) is 22.0 Å². The van der Waals surface area contributed by atoms with Crippen LogP contribution in [0.5, 0.6) is 17.2 Å². The molecule has 1 aromatic heterocycles. The first-order valence-corrected chi connectivity index (χ1v) is 21.3. The van der Waals surface area contributed by atoms with E-state index in [2.05, 4.69) is 38.2 Å². The molecule has 56 heavy (non-hydrogen) atoms. The van der Waals surface area contributed by atoms with E-state index in [1.54, 1.807) is 21.3 Å². The van der Waals surface area contributed by atoms with Crippen LogP contribution in [0.2, 0.25) is 0 Å². The number of thioether (sulfide) groups is 1. The molecule has 0 spiro atoms. The van der Waals surface area contributed by atoms with E-state index in [1.165, 1.54) is 20.9 Å². The van der Waals surface area contributed by atoms with Crippen molar-refractivity contribution in [2.24, 2.45) is 0 Å². The number of halogens is 1. The minimum Gasteiger partial charge on any atom is -0.497 e. The van der Waals surface area contributed by atoms with Gasteiger partial charge in [-0.25, -0.2) is 13.2 Å². The quantitative estimate of drug-likeness (QED) is 0.0773. The number of aromatic nitrogens is 4. The first-order chi connectivity index (χ1) is 26.7. The maximum absolute atomic E-state index is 15.5. The molecule has 0 atom stereocenters. The molecule has 0 bridgehead atoms. The van der Waals surface area contributed by atoms with Crippen LogP contribution in [0, 0.1) is 3.57 Å². The number of sulfonamides is 1. The summed E-state index contributed by atoms with van der Waals surface area (Å²) in [4.78, 5) is 14.8. The molecule has 0 unspecified atom stereocenters. The number of nitrogens with zero attached hydrogens (tertiary/aromatic N) is 5. The highest BCUT2D eigenvalue weighted by Gasteiger charge is 2.45. The van der Waals surface area contributed by atoms with Crippen LogP contribution >= 0.6 is 34.4 Å². The molecular formula is C40H45IN6O7S2. The highest BCUT2D eigenvalue weighted by Crippen LogP contribution is 2.45. The summed E-state index contributed by atoms with van der Waals surface area (Å²) in [5.41, 5.74) is 1.60. The van der Waals surface area contributed by atoms with Gasteiger partial charge >= 0.3 is 6.09 Å². The number of carbonyl (C=O) groups excluding carboxylic acids is 1. The lowest BCUT2D eigenvalue weighted by atomic mass is 10.2. The van der Waals surface area contributed by atoms with Crippen LogP contribution in [0.4, 0.5) is 4.79 Å². The standard InChI is InChI=1S/C40H45IN6O7S2/c1-39(2,3)54-38(48)42-40(21-22-40)26-55-34-20-19-33(41)35(37-43-45-47(44-37)25-29-11-17-32(53-6)18-12-29)36(34)56(49,50)46(23-27-7-13-30(51-4)14-8-27)24-28-9-15-31(52-5)16-10-28/h7-20H,21-26H2,1-6H3,(H,42,48). The van der Waals surface area contributed by atoms with Gasteiger partial charge in [-0.3, -0.25) is 0 Å². The number of amides is 1. The molecule has 16 heteroatoms. The van der Waals surface area contributed by atoms with Crippen LogP contribution in [0.3, 0.4) is 0 Å². The monoisotopic (exact) mass is 912 g/mol. The number of methoxy groups -OCH3 is 3. The van der Waals surface area contributed by atoms with Crippen molar-refractivity contribution in [1.29, 1.82) is 0 Å². The zero-order chi connectivity index (χ0) is 40.1. The number of hydrogen-bond donors (Lipinski definition) is 1. The molecule has 5 aromatic rings. The Morgan fingerprint density at radius 1 is 0.839 bits per heavy atom. The Bertz CT molecular complexity index is 2190. The van der Waals surface area contributed by atoms with Gasteiger partial charge < -0.3 is 24.3 Å². The first-order valence-electron chi connectivity index (χ1n) is 17.8. The van der Waals surface area contributed by atoms with Gasteiger partial charge in [0.2, 0.25) is 15.8 Å². The molecule has 0 saturated heterocycles. The van der Waals surface area contributed by atoms with Crippen molar-refractivity contribution in [3.05, 3.63) is 105 Å². The zero-order valence-corrected chi connectivity index (χ0v) is 35.9. The van der Waals surface area contributed by atoms with Gasteiger partial charge in [0, 0.05) is 27.3 Å². The van der Waals surface area contributed by atoms with Crippen molar-refractivity contribution >= 4 is 50.5 Å². The SMILES string of the molecule is COc1ccc(CN(Cc2ccc(OC)cc2)S(=O)(=O)c2c(SCC3(NC(=O)OC(C)(C)C)CC3)ccc(I)c2-c2nnn(Cc3ccc(OC)cc3)n2)cc1. The third-order valence-corrected chi connectivity index (χ3v) is 13.2. The summed E-state index contributed by atoms with van der Waals surface area (Å²) in [6.45, 7) is 5.89. The lowest BCUT2D eigenvalue weighted by Crippen LogP contribution is -2.42. The lowest BCUT2D eigenvalue weighted by Gasteiger charge is -2.26. The van der Waals surface area contributed by atoms with Gasteiger partial charge in [0.05, 0.1) is 39.0 Å². The molecule has 1 fully saturated rings. The van der Waals surface area contributed by atoms with Crippen molar-refractivity contribution in [2.45, 2.75) is 74.2 Å². The number of nitrogens with one attached hydrogen (secondary N) is 1. The summed E-state index contributed by atoms with van der Waals surface area (Å²) >= 11 is 3.50. The summed E-state index contributed by atoms with van der Waals surface area (Å²) in [6.07, 6.45) is 0.969. The lowest BCUT2D eigenvalue weighted by molar-refractivity contribution is 0.0503. The van der Waals surface area contributed by atoms with Crippen LogP contribution in [0.25, 0.3) is 11.4 Å². The maximum Gasteiger partial charge on any atom is 0.408 e. The highest BCUT2D eigenvalue weighted by molar-refractivity contribution is 14.1. The minimum atomic E-state index is -4.31. The molecule has 296 valence electrons. The van der Waals surface area contributed by atoms with Crippen LogP contribution in [0.15, 0.2) is 94.7 Å². The molecule has 4 aromatic carbocycles. The molecule has 1 amide bonds. The van der Waals surface area contributed by atoms with E-state index in [9.17, 15) is 4.79 Å².